The van der Waals surface area contributed by atoms with Gasteiger partial charge in [0.15, 0.2) is 0 Å². The number of hydrogen-bond donors (Lipinski definition) is 1. The first-order chi connectivity index (χ1) is 8.27. The van der Waals surface area contributed by atoms with E-state index in [1.807, 2.05) is 11.8 Å². The monoisotopic (exact) mass is 258 g/mol. The Kier molecular flexibility index (Phi) is 8.33. The van der Waals surface area contributed by atoms with Gasteiger partial charge in [-0.15, -0.1) is 0 Å². The number of nitrogens with one attached hydrogen (secondary N) is 1. The maximum atomic E-state index is 3.70. The third kappa shape index (κ3) is 6.12. The number of hydrogen-bond acceptors (Lipinski definition) is 3. The summed E-state index contributed by atoms with van der Waals surface area (Å²) in [7, 11) is 2.28. The summed E-state index contributed by atoms with van der Waals surface area (Å²) in [6.07, 6.45) is 9.29. The summed E-state index contributed by atoms with van der Waals surface area (Å²) in [4.78, 5) is 2.52. The van der Waals surface area contributed by atoms with Gasteiger partial charge in [-0.2, -0.15) is 11.8 Å². The molecule has 2 unspecified atom stereocenters. The molecule has 102 valence electrons. The first-order valence-corrected chi connectivity index (χ1v) is 8.58. The van der Waals surface area contributed by atoms with Crippen molar-refractivity contribution in [3.8, 4) is 0 Å². The SMILES string of the molecule is CCNC1CCCCCC1CN(C)CCSC. The lowest BCUT2D eigenvalue weighted by Gasteiger charge is -2.30. The van der Waals surface area contributed by atoms with Gasteiger partial charge in [-0.3, -0.25) is 0 Å². The van der Waals surface area contributed by atoms with E-state index in [2.05, 4.69) is 30.4 Å². The molecule has 1 fully saturated rings. The van der Waals surface area contributed by atoms with Crippen molar-refractivity contribution in [2.45, 2.75) is 45.1 Å². The molecule has 1 N–H and O–H groups in total. The van der Waals surface area contributed by atoms with Crippen LogP contribution in [-0.2, 0) is 0 Å². The van der Waals surface area contributed by atoms with Gasteiger partial charge >= 0.3 is 0 Å². The average Bonchev–Trinajstić information content (AvgIpc) is 2.53. The van der Waals surface area contributed by atoms with Crippen molar-refractivity contribution >= 4 is 11.8 Å². The fourth-order valence-electron chi connectivity index (χ4n) is 2.87. The molecular weight excluding hydrogens is 228 g/mol. The molecule has 0 aromatic heterocycles. The molecule has 0 spiro atoms. The van der Waals surface area contributed by atoms with E-state index in [0.717, 1.165) is 18.5 Å². The minimum atomic E-state index is 0.763. The zero-order chi connectivity index (χ0) is 12.5. The second kappa shape index (κ2) is 9.23. The first kappa shape index (κ1) is 15.3. The van der Waals surface area contributed by atoms with Crippen LogP contribution in [0.5, 0.6) is 0 Å². The molecule has 0 bridgehead atoms. The second-order valence-corrected chi connectivity index (χ2v) is 6.30. The second-order valence-electron chi connectivity index (χ2n) is 5.32. The highest BCUT2D eigenvalue weighted by atomic mass is 32.2. The Morgan fingerprint density at radius 3 is 2.71 bits per heavy atom. The normalized spacial score (nSPS) is 26.1. The van der Waals surface area contributed by atoms with Crippen LogP contribution in [0.3, 0.4) is 0 Å². The smallest absolute Gasteiger partial charge is 0.0107 e. The van der Waals surface area contributed by atoms with E-state index in [0.29, 0.717) is 0 Å². The lowest BCUT2D eigenvalue weighted by Crippen LogP contribution is -2.41. The largest absolute Gasteiger partial charge is 0.314 e. The molecule has 0 heterocycles. The maximum Gasteiger partial charge on any atom is 0.0107 e. The molecule has 0 radical (unpaired) electrons. The molecule has 3 heteroatoms. The molecule has 2 nitrogen and oxygen atoms in total. The average molecular weight is 258 g/mol. The van der Waals surface area contributed by atoms with Gasteiger partial charge in [0.1, 0.15) is 0 Å². The van der Waals surface area contributed by atoms with Gasteiger partial charge in [-0.25, -0.2) is 0 Å². The molecule has 17 heavy (non-hydrogen) atoms. The number of rotatable bonds is 7. The van der Waals surface area contributed by atoms with Crippen molar-refractivity contribution in [3.63, 3.8) is 0 Å². The molecule has 1 aliphatic carbocycles. The maximum absolute atomic E-state index is 3.70. The minimum Gasteiger partial charge on any atom is -0.314 e. The predicted molar refractivity (Wildman–Crippen MR) is 79.9 cm³/mol. The van der Waals surface area contributed by atoms with Crippen LogP contribution in [0, 0.1) is 5.92 Å². The van der Waals surface area contributed by atoms with Crippen molar-refractivity contribution in [3.05, 3.63) is 0 Å². The van der Waals surface area contributed by atoms with Gasteiger partial charge in [0, 0.05) is 24.9 Å². The highest BCUT2D eigenvalue weighted by Gasteiger charge is 2.23. The molecule has 1 rings (SSSR count). The van der Waals surface area contributed by atoms with Gasteiger partial charge in [-0.05, 0) is 38.6 Å². The van der Waals surface area contributed by atoms with Crippen LogP contribution in [0.1, 0.15) is 39.0 Å². The van der Waals surface area contributed by atoms with Crippen LogP contribution in [0.2, 0.25) is 0 Å². The number of thioether (sulfide) groups is 1. The Morgan fingerprint density at radius 1 is 1.24 bits per heavy atom. The van der Waals surface area contributed by atoms with Crippen molar-refractivity contribution in [1.82, 2.24) is 10.2 Å². The summed E-state index contributed by atoms with van der Waals surface area (Å²) < 4.78 is 0. The van der Waals surface area contributed by atoms with Crippen LogP contribution >= 0.6 is 11.8 Å². The minimum absolute atomic E-state index is 0.763. The predicted octanol–water partition coefficient (Wildman–Crippen LogP) is 2.84. The van der Waals surface area contributed by atoms with E-state index < -0.39 is 0 Å². The molecule has 1 aliphatic rings. The molecule has 0 aromatic rings. The summed E-state index contributed by atoms with van der Waals surface area (Å²) in [6.45, 7) is 5.86. The van der Waals surface area contributed by atoms with Crippen LogP contribution < -0.4 is 5.32 Å². The highest BCUT2D eigenvalue weighted by molar-refractivity contribution is 7.98. The topological polar surface area (TPSA) is 15.3 Å². The molecule has 0 amide bonds. The third-order valence-electron chi connectivity index (χ3n) is 3.85. The molecular formula is C14H30N2S. The molecule has 0 saturated heterocycles. The Hall–Kier alpha value is 0.270. The Labute approximate surface area is 112 Å². The van der Waals surface area contributed by atoms with Crippen molar-refractivity contribution in [1.29, 1.82) is 0 Å². The zero-order valence-corrected chi connectivity index (χ0v) is 12.7. The van der Waals surface area contributed by atoms with E-state index in [4.69, 9.17) is 0 Å². The summed E-state index contributed by atoms with van der Waals surface area (Å²) in [5, 5.41) is 3.70. The van der Waals surface area contributed by atoms with E-state index in [-0.39, 0.29) is 0 Å². The van der Waals surface area contributed by atoms with E-state index in [1.54, 1.807) is 0 Å². The fourth-order valence-corrected chi connectivity index (χ4v) is 3.37. The number of nitrogens with zero attached hydrogens (tertiary/aromatic N) is 1. The summed E-state index contributed by atoms with van der Waals surface area (Å²) in [5.41, 5.74) is 0. The standard InChI is InChI=1S/C14H30N2S/c1-4-15-14-9-7-5-6-8-13(14)12-16(2)10-11-17-3/h13-15H,4-12H2,1-3H3. The van der Waals surface area contributed by atoms with E-state index in [1.165, 1.54) is 50.9 Å². The quantitative estimate of drug-likeness (QED) is 0.707. The molecule has 0 aromatic carbocycles. The summed E-state index contributed by atoms with van der Waals surface area (Å²) >= 11 is 1.95. The van der Waals surface area contributed by atoms with Crippen LogP contribution in [-0.4, -0.2) is 49.6 Å². The van der Waals surface area contributed by atoms with Gasteiger partial charge < -0.3 is 10.2 Å². The third-order valence-corrected chi connectivity index (χ3v) is 4.44. The van der Waals surface area contributed by atoms with Crippen LogP contribution in [0.25, 0.3) is 0 Å². The van der Waals surface area contributed by atoms with Crippen LogP contribution in [0.15, 0.2) is 0 Å². The molecule has 1 saturated carbocycles. The van der Waals surface area contributed by atoms with Crippen molar-refractivity contribution < 1.29 is 0 Å². The van der Waals surface area contributed by atoms with Gasteiger partial charge in [-0.1, -0.05) is 26.2 Å². The van der Waals surface area contributed by atoms with Crippen molar-refractivity contribution in [2.75, 3.05) is 38.7 Å². The lowest BCUT2D eigenvalue weighted by molar-refractivity contribution is 0.233. The summed E-state index contributed by atoms with van der Waals surface area (Å²) in [6, 6.07) is 0.763. The van der Waals surface area contributed by atoms with E-state index in [9.17, 15) is 0 Å². The Bertz CT molecular complexity index is 187. The zero-order valence-electron chi connectivity index (χ0n) is 11.9. The highest BCUT2D eigenvalue weighted by Crippen LogP contribution is 2.24. The lowest BCUT2D eigenvalue weighted by atomic mass is 9.94. The summed E-state index contributed by atoms with van der Waals surface area (Å²) in [5.74, 6) is 2.12. The van der Waals surface area contributed by atoms with E-state index >= 15 is 0 Å². The van der Waals surface area contributed by atoms with Gasteiger partial charge in [0.2, 0.25) is 0 Å². The molecule has 0 aliphatic heterocycles. The van der Waals surface area contributed by atoms with Crippen molar-refractivity contribution in [2.24, 2.45) is 5.92 Å². The Balaban J connectivity index is 2.39. The van der Waals surface area contributed by atoms with Crippen LogP contribution in [0.4, 0.5) is 0 Å². The van der Waals surface area contributed by atoms with Gasteiger partial charge in [0.05, 0.1) is 0 Å². The van der Waals surface area contributed by atoms with Gasteiger partial charge in [0.25, 0.3) is 0 Å². The fraction of sp³-hybridized carbons (Fsp3) is 1.00. The molecule has 2 atom stereocenters. The first-order valence-electron chi connectivity index (χ1n) is 7.18. The Morgan fingerprint density at radius 2 is 2.00 bits per heavy atom.